The number of hydrogen-bond acceptors (Lipinski definition) is 4. The van der Waals surface area contributed by atoms with Crippen LogP contribution in [0, 0.1) is 0 Å². The summed E-state index contributed by atoms with van der Waals surface area (Å²) in [5.41, 5.74) is 3.45. The van der Waals surface area contributed by atoms with Crippen molar-refractivity contribution in [1.82, 2.24) is 14.9 Å². The van der Waals surface area contributed by atoms with Crippen LogP contribution in [-0.2, 0) is 25.9 Å². The van der Waals surface area contributed by atoms with Crippen molar-refractivity contribution >= 4 is 11.6 Å². The van der Waals surface area contributed by atoms with E-state index in [0.717, 1.165) is 66.8 Å². The summed E-state index contributed by atoms with van der Waals surface area (Å²) < 4.78 is 6.03. The van der Waals surface area contributed by atoms with Crippen LogP contribution < -0.4 is 0 Å². The van der Waals surface area contributed by atoms with Crippen molar-refractivity contribution in [1.29, 1.82) is 0 Å². The average Bonchev–Trinajstić information content (AvgIpc) is 3.11. The van der Waals surface area contributed by atoms with Gasteiger partial charge < -0.3 is 4.42 Å². The molecule has 0 aliphatic carbocycles. The molecule has 0 amide bonds. The van der Waals surface area contributed by atoms with Gasteiger partial charge in [-0.3, -0.25) is 4.90 Å². The minimum atomic E-state index is 0.718. The van der Waals surface area contributed by atoms with Crippen LogP contribution in [0.15, 0.2) is 47.0 Å². The molecule has 0 saturated heterocycles. The third-order valence-corrected chi connectivity index (χ3v) is 4.92. The highest BCUT2D eigenvalue weighted by Crippen LogP contribution is 2.26. The SMILES string of the molecule is CCCc1ncc2c(n1)CCN(Cc1ccc(-c3cccc(Cl)c3)o1)C2. The van der Waals surface area contributed by atoms with E-state index in [1.165, 1.54) is 11.3 Å². The molecule has 0 fully saturated rings. The first-order valence-electron chi connectivity index (χ1n) is 9.12. The number of halogens is 1. The topological polar surface area (TPSA) is 42.2 Å². The monoisotopic (exact) mass is 367 g/mol. The molecule has 1 aliphatic rings. The molecule has 4 rings (SSSR count). The van der Waals surface area contributed by atoms with Crippen LogP contribution in [-0.4, -0.2) is 21.4 Å². The molecule has 0 unspecified atom stereocenters. The maximum absolute atomic E-state index is 6.07. The van der Waals surface area contributed by atoms with Crippen molar-refractivity contribution in [2.24, 2.45) is 0 Å². The molecule has 4 nitrogen and oxygen atoms in total. The van der Waals surface area contributed by atoms with Crippen LogP contribution in [0.4, 0.5) is 0 Å². The minimum absolute atomic E-state index is 0.718. The van der Waals surface area contributed by atoms with Crippen LogP contribution in [0.25, 0.3) is 11.3 Å². The predicted molar refractivity (Wildman–Crippen MR) is 103 cm³/mol. The van der Waals surface area contributed by atoms with Gasteiger partial charge in [0.2, 0.25) is 0 Å². The lowest BCUT2D eigenvalue weighted by Crippen LogP contribution is -2.31. The number of nitrogens with zero attached hydrogens (tertiary/aromatic N) is 3. The molecule has 3 heterocycles. The third kappa shape index (κ3) is 3.81. The molecule has 5 heteroatoms. The van der Waals surface area contributed by atoms with Gasteiger partial charge in [-0.2, -0.15) is 0 Å². The first-order chi connectivity index (χ1) is 12.7. The van der Waals surface area contributed by atoms with Gasteiger partial charge in [0.05, 0.1) is 6.54 Å². The van der Waals surface area contributed by atoms with E-state index in [9.17, 15) is 0 Å². The van der Waals surface area contributed by atoms with Gasteiger partial charge in [-0.1, -0.05) is 30.7 Å². The second kappa shape index (κ2) is 7.60. The number of hydrogen-bond donors (Lipinski definition) is 0. The lowest BCUT2D eigenvalue weighted by molar-refractivity contribution is 0.224. The van der Waals surface area contributed by atoms with Crippen molar-refractivity contribution in [3.05, 3.63) is 70.5 Å². The Kier molecular flexibility index (Phi) is 5.05. The molecule has 26 heavy (non-hydrogen) atoms. The van der Waals surface area contributed by atoms with Crippen LogP contribution in [0.3, 0.4) is 0 Å². The number of rotatable bonds is 5. The maximum Gasteiger partial charge on any atom is 0.134 e. The van der Waals surface area contributed by atoms with Gasteiger partial charge in [0.1, 0.15) is 17.3 Å². The Labute approximate surface area is 158 Å². The van der Waals surface area contributed by atoms with Crippen molar-refractivity contribution in [3.63, 3.8) is 0 Å². The number of fused-ring (bicyclic) bond motifs is 1. The summed E-state index contributed by atoms with van der Waals surface area (Å²) in [7, 11) is 0. The molecule has 0 bridgehead atoms. The fourth-order valence-corrected chi connectivity index (χ4v) is 3.57. The Hall–Kier alpha value is -2.17. The molecule has 0 saturated carbocycles. The van der Waals surface area contributed by atoms with Crippen LogP contribution in [0.2, 0.25) is 5.02 Å². The minimum Gasteiger partial charge on any atom is -0.460 e. The molecular formula is C21H22ClN3O. The second-order valence-electron chi connectivity index (χ2n) is 6.75. The third-order valence-electron chi connectivity index (χ3n) is 4.69. The van der Waals surface area contributed by atoms with Crippen molar-refractivity contribution < 1.29 is 4.42 Å². The van der Waals surface area contributed by atoms with Gasteiger partial charge in [0, 0.05) is 54.0 Å². The lowest BCUT2D eigenvalue weighted by Gasteiger charge is -2.27. The smallest absolute Gasteiger partial charge is 0.134 e. The molecule has 134 valence electrons. The summed E-state index contributed by atoms with van der Waals surface area (Å²) in [6.07, 6.45) is 5.00. The quantitative estimate of drug-likeness (QED) is 0.643. The first kappa shape index (κ1) is 17.3. The first-order valence-corrected chi connectivity index (χ1v) is 9.49. The Morgan fingerprint density at radius 3 is 3.00 bits per heavy atom. The van der Waals surface area contributed by atoms with E-state index in [1.54, 1.807) is 0 Å². The highest BCUT2D eigenvalue weighted by molar-refractivity contribution is 6.30. The lowest BCUT2D eigenvalue weighted by atomic mass is 10.1. The summed E-state index contributed by atoms with van der Waals surface area (Å²) in [4.78, 5) is 11.6. The molecule has 1 aliphatic heterocycles. The Morgan fingerprint density at radius 2 is 2.15 bits per heavy atom. The highest BCUT2D eigenvalue weighted by atomic mass is 35.5. The summed E-state index contributed by atoms with van der Waals surface area (Å²) in [6.45, 7) is 4.81. The van der Waals surface area contributed by atoms with Gasteiger partial charge in [-0.15, -0.1) is 0 Å². The molecular weight excluding hydrogens is 346 g/mol. The van der Waals surface area contributed by atoms with Crippen LogP contribution in [0.1, 0.15) is 36.2 Å². The summed E-state index contributed by atoms with van der Waals surface area (Å²) in [6, 6.07) is 11.8. The van der Waals surface area contributed by atoms with Gasteiger partial charge >= 0.3 is 0 Å². The second-order valence-corrected chi connectivity index (χ2v) is 7.18. The zero-order chi connectivity index (χ0) is 17.9. The van der Waals surface area contributed by atoms with Crippen LogP contribution >= 0.6 is 11.6 Å². The Bertz CT molecular complexity index is 906. The molecule has 1 aromatic carbocycles. The maximum atomic E-state index is 6.07. The van der Waals surface area contributed by atoms with E-state index < -0.39 is 0 Å². The van der Waals surface area contributed by atoms with Crippen molar-refractivity contribution in [2.75, 3.05) is 6.54 Å². The van der Waals surface area contributed by atoms with E-state index in [4.69, 9.17) is 21.0 Å². The van der Waals surface area contributed by atoms with Crippen molar-refractivity contribution in [3.8, 4) is 11.3 Å². The fraction of sp³-hybridized carbons (Fsp3) is 0.333. The Balaban J connectivity index is 1.44. The molecule has 0 spiro atoms. The molecule has 2 aromatic heterocycles. The van der Waals surface area contributed by atoms with Crippen molar-refractivity contribution in [2.45, 2.75) is 39.3 Å². The highest BCUT2D eigenvalue weighted by Gasteiger charge is 2.19. The van der Waals surface area contributed by atoms with E-state index in [2.05, 4.69) is 16.8 Å². The molecule has 3 aromatic rings. The Morgan fingerprint density at radius 1 is 1.23 bits per heavy atom. The number of benzene rings is 1. The summed E-state index contributed by atoms with van der Waals surface area (Å²) >= 11 is 6.07. The van der Waals surface area contributed by atoms with E-state index in [0.29, 0.717) is 0 Å². The van der Waals surface area contributed by atoms with Gasteiger partial charge in [0.25, 0.3) is 0 Å². The van der Waals surface area contributed by atoms with Gasteiger partial charge in [-0.25, -0.2) is 9.97 Å². The van der Waals surface area contributed by atoms with E-state index >= 15 is 0 Å². The number of aryl methyl sites for hydroxylation is 1. The zero-order valence-electron chi connectivity index (χ0n) is 14.9. The fourth-order valence-electron chi connectivity index (χ4n) is 3.38. The summed E-state index contributed by atoms with van der Waals surface area (Å²) in [5, 5.41) is 0.718. The van der Waals surface area contributed by atoms with E-state index in [1.807, 2.05) is 42.6 Å². The van der Waals surface area contributed by atoms with Crippen LogP contribution in [0.5, 0.6) is 0 Å². The zero-order valence-corrected chi connectivity index (χ0v) is 15.7. The normalized spacial score (nSPS) is 14.4. The van der Waals surface area contributed by atoms with Gasteiger partial charge in [-0.05, 0) is 30.7 Å². The number of aromatic nitrogens is 2. The number of furan rings is 1. The predicted octanol–water partition coefficient (Wildman–Crippen LogP) is 4.90. The largest absolute Gasteiger partial charge is 0.460 e. The molecule has 0 atom stereocenters. The molecule has 0 radical (unpaired) electrons. The average molecular weight is 368 g/mol. The summed E-state index contributed by atoms with van der Waals surface area (Å²) in [5.74, 6) is 2.79. The van der Waals surface area contributed by atoms with E-state index in [-0.39, 0.29) is 0 Å². The standard InChI is InChI=1S/C21H22ClN3O/c1-2-4-21-23-12-16-13-25(10-9-19(16)24-21)14-18-7-8-20(26-18)15-5-3-6-17(22)11-15/h3,5-8,11-12H,2,4,9-10,13-14H2,1H3. The van der Waals surface area contributed by atoms with Gasteiger partial charge in [0.15, 0.2) is 0 Å². The molecule has 0 N–H and O–H groups in total.